The normalized spacial score (nSPS) is 26.2. The van der Waals surface area contributed by atoms with Crippen LogP contribution in [-0.2, 0) is 12.8 Å². The molecule has 0 saturated carbocycles. The van der Waals surface area contributed by atoms with Gasteiger partial charge in [0.15, 0.2) is 23.0 Å². The molecule has 1 saturated heterocycles. The largest absolute Gasteiger partial charge is 0.504 e. The first-order chi connectivity index (χ1) is 16.6. The molecule has 0 amide bonds. The van der Waals surface area contributed by atoms with Gasteiger partial charge in [0.05, 0.1) is 21.3 Å². The Balaban J connectivity index is 1.43. The van der Waals surface area contributed by atoms with Gasteiger partial charge in [-0.1, -0.05) is 13.3 Å². The van der Waals surface area contributed by atoms with Crippen LogP contribution >= 0.6 is 0 Å². The van der Waals surface area contributed by atoms with Crippen molar-refractivity contribution >= 4 is 0 Å². The summed E-state index contributed by atoms with van der Waals surface area (Å²) in [5.74, 6) is 3.76. The zero-order valence-electron chi connectivity index (χ0n) is 20.9. The summed E-state index contributed by atoms with van der Waals surface area (Å²) in [6.07, 6.45) is 5.46. The second kappa shape index (κ2) is 9.67. The minimum atomic E-state index is 0.251. The van der Waals surface area contributed by atoms with Crippen molar-refractivity contribution in [3.05, 3.63) is 46.5 Å². The molecule has 0 aliphatic carbocycles. The number of benzene rings is 2. The Morgan fingerprint density at radius 3 is 2.35 bits per heavy atom. The standard InChI is InChI=1S/C28H38N2O4/c1-5-17-16-30-9-7-19-12-25(31)26(32-2)15-22(19)24(30)11-20(17)10-23-21-14-28(34-4)27(33-3)13-18(21)6-8-29-23/h12-15,17,20,23-24,29,31H,5-11,16H2,1-4H3/t17?,20?,23-,24-/m1/s1. The van der Waals surface area contributed by atoms with Crippen LogP contribution in [0, 0.1) is 11.8 Å². The lowest BCUT2D eigenvalue weighted by molar-refractivity contribution is 0.0435. The van der Waals surface area contributed by atoms with Gasteiger partial charge in [0, 0.05) is 25.2 Å². The molecule has 4 atom stereocenters. The summed E-state index contributed by atoms with van der Waals surface area (Å²) < 4.78 is 16.7. The van der Waals surface area contributed by atoms with Gasteiger partial charge in [-0.15, -0.1) is 0 Å². The first-order valence-corrected chi connectivity index (χ1v) is 12.7. The molecule has 2 N–H and O–H groups in total. The molecule has 3 heterocycles. The molecule has 3 aliphatic heterocycles. The third kappa shape index (κ3) is 4.11. The highest BCUT2D eigenvalue weighted by atomic mass is 16.5. The molecule has 0 bridgehead atoms. The van der Waals surface area contributed by atoms with Crippen LogP contribution < -0.4 is 19.5 Å². The lowest BCUT2D eigenvalue weighted by Gasteiger charge is -2.48. The van der Waals surface area contributed by atoms with Gasteiger partial charge in [0.1, 0.15) is 0 Å². The van der Waals surface area contributed by atoms with Gasteiger partial charge in [-0.2, -0.15) is 0 Å². The van der Waals surface area contributed by atoms with E-state index in [9.17, 15) is 5.11 Å². The summed E-state index contributed by atoms with van der Waals surface area (Å²) in [5, 5.41) is 14.1. The summed E-state index contributed by atoms with van der Waals surface area (Å²) in [6, 6.07) is 9.06. The Hall–Kier alpha value is -2.44. The lowest BCUT2D eigenvalue weighted by Crippen LogP contribution is -2.46. The van der Waals surface area contributed by atoms with Crippen LogP contribution in [0.3, 0.4) is 0 Å². The fraction of sp³-hybridized carbons (Fsp3) is 0.571. The highest BCUT2D eigenvalue weighted by Gasteiger charge is 2.40. The minimum absolute atomic E-state index is 0.251. The maximum atomic E-state index is 10.3. The molecule has 34 heavy (non-hydrogen) atoms. The number of phenolic OH excluding ortho intramolecular Hbond substituents is 1. The van der Waals surface area contributed by atoms with Crippen molar-refractivity contribution in [2.45, 2.75) is 51.1 Å². The highest BCUT2D eigenvalue weighted by molar-refractivity contribution is 5.50. The van der Waals surface area contributed by atoms with Gasteiger partial charge in [0.25, 0.3) is 0 Å². The summed E-state index contributed by atoms with van der Waals surface area (Å²) in [7, 11) is 5.05. The van der Waals surface area contributed by atoms with Crippen molar-refractivity contribution < 1.29 is 19.3 Å². The average molecular weight is 467 g/mol. The molecule has 3 aliphatic rings. The fourth-order valence-electron chi connectivity index (χ4n) is 6.59. The van der Waals surface area contributed by atoms with E-state index in [-0.39, 0.29) is 5.75 Å². The van der Waals surface area contributed by atoms with Crippen LogP contribution in [0.15, 0.2) is 24.3 Å². The van der Waals surface area contributed by atoms with E-state index < -0.39 is 0 Å². The van der Waals surface area contributed by atoms with E-state index in [4.69, 9.17) is 14.2 Å². The number of nitrogens with zero attached hydrogens (tertiary/aromatic N) is 1. The minimum Gasteiger partial charge on any atom is -0.504 e. The number of methoxy groups -OCH3 is 3. The molecular weight excluding hydrogens is 428 g/mol. The second-order valence-corrected chi connectivity index (χ2v) is 10.0. The smallest absolute Gasteiger partial charge is 0.161 e. The number of fused-ring (bicyclic) bond motifs is 4. The molecule has 6 nitrogen and oxygen atoms in total. The van der Waals surface area contributed by atoms with E-state index in [2.05, 4.69) is 35.3 Å². The number of ether oxygens (including phenoxy) is 3. The molecule has 0 radical (unpaired) electrons. The summed E-state index contributed by atoms with van der Waals surface area (Å²) in [6.45, 7) is 5.53. The van der Waals surface area contributed by atoms with E-state index in [1.807, 2.05) is 6.07 Å². The molecular formula is C28H38N2O4. The molecule has 2 unspecified atom stereocenters. The summed E-state index contributed by atoms with van der Waals surface area (Å²) in [4.78, 5) is 2.67. The molecule has 6 heteroatoms. The number of aromatic hydroxyl groups is 1. The van der Waals surface area contributed by atoms with Crippen LogP contribution in [0.25, 0.3) is 0 Å². The summed E-state index contributed by atoms with van der Waals surface area (Å²) in [5.41, 5.74) is 5.34. The quantitative estimate of drug-likeness (QED) is 0.647. The number of nitrogens with one attached hydrogen (secondary N) is 1. The third-order valence-electron chi connectivity index (χ3n) is 8.44. The van der Waals surface area contributed by atoms with Crippen molar-refractivity contribution in [3.63, 3.8) is 0 Å². The Morgan fingerprint density at radius 1 is 0.912 bits per heavy atom. The van der Waals surface area contributed by atoms with Crippen molar-refractivity contribution in [2.75, 3.05) is 41.0 Å². The van der Waals surface area contributed by atoms with Crippen LogP contribution in [0.1, 0.15) is 60.5 Å². The van der Waals surface area contributed by atoms with Crippen LogP contribution in [0.5, 0.6) is 23.0 Å². The predicted molar refractivity (Wildman–Crippen MR) is 133 cm³/mol. The van der Waals surface area contributed by atoms with Crippen molar-refractivity contribution in [2.24, 2.45) is 11.8 Å². The highest BCUT2D eigenvalue weighted by Crippen LogP contribution is 2.47. The molecule has 2 aromatic carbocycles. The first-order valence-electron chi connectivity index (χ1n) is 12.7. The number of hydrogen-bond acceptors (Lipinski definition) is 6. The molecule has 0 spiro atoms. The van der Waals surface area contributed by atoms with E-state index in [0.717, 1.165) is 56.8 Å². The van der Waals surface area contributed by atoms with Gasteiger partial charge >= 0.3 is 0 Å². The third-order valence-corrected chi connectivity index (χ3v) is 8.44. The molecule has 1 fully saturated rings. The number of hydrogen-bond donors (Lipinski definition) is 2. The van der Waals surface area contributed by atoms with Crippen molar-refractivity contribution in [1.29, 1.82) is 0 Å². The number of rotatable bonds is 6. The summed E-state index contributed by atoms with van der Waals surface area (Å²) >= 11 is 0. The lowest BCUT2D eigenvalue weighted by atomic mass is 9.72. The van der Waals surface area contributed by atoms with Crippen LogP contribution in [0.4, 0.5) is 0 Å². The molecule has 2 aromatic rings. The van der Waals surface area contributed by atoms with Gasteiger partial charge in [-0.25, -0.2) is 0 Å². The molecule has 0 aromatic heterocycles. The predicted octanol–water partition coefficient (Wildman–Crippen LogP) is 4.64. The Morgan fingerprint density at radius 2 is 1.62 bits per heavy atom. The molecule has 184 valence electrons. The van der Waals surface area contributed by atoms with Crippen LogP contribution in [0.2, 0.25) is 0 Å². The van der Waals surface area contributed by atoms with E-state index >= 15 is 0 Å². The van der Waals surface area contributed by atoms with Gasteiger partial charge in [-0.05, 0) is 90.6 Å². The second-order valence-electron chi connectivity index (χ2n) is 10.0. The number of phenols is 1. The Labute approximate surface area is 203 Å². The zero-order valence-corrected chi connectivity index (χ0v) is 20.9. The topological polar surface area (TPSA) is 63.2 Å². The van der Waals surface area contributed by atoms with E-state index in [0.29, 0.717) is 29.7 Å². The first kappa shape index (κ1) is 23.3. The maximum Gasteiger partial charge on any atom is 0.161 e. The van der Waals surface area contributed by atoms with Gasteiger partial charge < -0.3 is 24.6 Å². The monoisotopic (exact) mass is 466 g/mol. The van der Waals surface area contributed by atoms with Crippen molar-refractivity contribution in [3.8, 4) is 23.0 Å². The van der Waals surface area contributed by atoms with Gasteiger partial charge in [-0.3, -0.25) is 4.90 Å². The van der Waals surface area contributed by atoms with Crippen molar-refractivity contribution in [1.82, 2.24) is 10.2 Å². The maximum absolute atomic E-state index is 10.3. The van der Waals surface area contributed by atoms with E-state index in [1.54, 1.807) is 21.3 Å². The number of piperidine rings is 1. The van der Waals surface area contributed by atoms with E-state index in [1.165, 1.54) is 28.7 Å². The SMILES string of the molecule is CCC1CN2CCc3cc(O)c(OC)cc3[C@H]2CC1C[C@H]1NCCc2cc(OC)c(OC)cc21. The average Bonchev–Trinajstić information content (AvgIpc) is 2.87. The van der Waals surface area contributed by atoms with Gasteiger partial charge in [0.2, 0.25) is 0 Å². The fourth-order valence-corrected chi connectivity index (χ4v) is 6.59. The molecule has 5 rings (SSSR count). The Kier molecular flexibility index (Phi) is 6.63. The zero-order chi connectivity index (χ0) is 23.8. The Bertz CT molecular complexity index is 1040. The van der Waals surface area contributed by atoms with Crippen LogP contribution in [-0.4, -0.2) is 51.0 Å².